The van der Waals surface area contributed by atoms with Gasteiger partial charge in [0.2, 0.25) is 0 Å². The van der Waals surface area contributed by atoms with Crippen LogP contribution in [0.5, 0.6) is 0 Å². The first kappa shape index (κ1) is 13.8. The molecule has 1 unspecified atom stereocenters. The number of nitrogens with zero attached hydrogens (tertiary/aromatic N) is 2. The van der Waals surface area contributed by atoms with Gasteiger partial charge in [0, 0.05) is 23.1 Å². The van der Waals surface area contributed by atoms with E-state index in [1.165, 1.54) is 4.88 Å². The molecule has 0 bridgehead atoms. The Hall–Kier alpha value is -1.60. The fourth-order valence-corrected chi connectivity index (χ4v) is 2.81. The molecule has 2 heterocycles. The van der Waals surface area contributed by atoms with Gasteiger partial charge in [0.1, 0.15) is 11.1 Å². The van der Waals surface area contributed by atoms with Crippen LogP contribution >= 0.6 is 23.1 Å². The molecule has 3 N–H and O–H groups in total. The molecule has 2 aromatic heterocycles. The molecule has 2 rings (SSSR count). The number of hydrogen-bond donors (Lipinski definition) is 2. The van der Waals surface area contributed by atoms with Crippen molar-refractivity contribution in [3.05, 3.63) is 34.2 Å². The van der Waals surface area contributed by atoms with Crippen LogP contribution in [0, 0.1) is 0 Å². The van der Waals surface area contributed by atoms with Gasteiger partial charge < -0.3 is 10.8 Å². The normalized spacial score (nSPS) is 12.3. The van der Waals surface area contributed by atoms with Gasteiger partial charge in [0.25, 0.3) is 0 Å². The van der Waals surface area contributed by atoms with E-state index in [-0.39, 0.29) is 0 Å². The maximum Gasteiger partial charge on any atom is 0.316 e. The lowest BCUT2D eigenvalue weighted by Crippen LogP contribution is -2.12. The number of aromatic nitrogens is 2. The van der Waals surface area contributed by atoms with Crippen molar-refractivity contribution in [2.24, 2.45) is 0 Å². The highest BCUT2D eigenvalue weighted by Crippen LogP contribution is 2.23. The molecule has 0 radical (unpaired) electrons. The molecule has 0 saturated carbocycles. The summed E-state index contributed by atoms with van der Waals surface area (Å²) in [6.07, 6.45) is 2.36. The molecule has 0 amide bonds. The fourth-order valence-electron chi connectivity index (χ4n) is 1.41. The zero-order valence-electron chi connectivity index (χ0n) is 10.2. The molecule has 7 heteroatoms. The van der Waals surface area contributed by atoms with Gasteiger partial charge in [-0.05, 0) is 18.4 Å². The van der Waals surface area contributed by atoms with Crippen LogP contribution in [0.1, 0.15) is 17.4 Å². The number of thioether (sulfide) groups is 1. The minimum absolute atomic E-state index is 0.391. The highest BCUT2D eigenvalue weighted by atomic mass is 32.2. The van der Waals surface area contributed by atoms with Gasteiger partial charge in [0.05, 0.1) is 0 Å². The quantitative estimate of drug-likeness (QED) is 0.650. The van der Waals surface area contributed by atoms with Crippen LogP contribution in [0.15, 0.2) is 28.9 Å². The molecule has 0 aliphatic carbocycles. The summed E-state index contributed by atoms with van der Waals surface area (Å²) in [5, 5.41) is 10.6. The van der Waals surface area contributed by atoms with E-state index >= 15 is 0 Å². The van der Waals surface area contributed by atoms with E-state index < -0.39 is 11.2 Å². The lowest BCUT2D eigenvalue weighted by molar-refractivity contribution is -0.136. The lowest BCUT2D eigenvalue weighted by atomic mass is 10.2. The topological polar surface area (TPSA) is 89.1 Å². The van der Waals surface area contributed by atoms with E-state index in [0.717, 1.165) is 17.3 Å². The van der Waals surface area contributed by atoms with E-state index in [9.17, 15) is 4.79 Å². The van der Waals surface area contributed by atoms with E-state index in [1.54, 1.807) is 24.5 Å². The molecule has 0 aliphatic heterocycles. The Labute approximate surface area is 118 Å². The first-order chi connectivity index (χ1) is 9.06. The van der Waals surface area contributed by atoms with Crippen molar-refractivity contribution in [3.63, 3.8) is 0 Å². The van der Waals surface area contributed by atoms with Gasteiger partial charge in [-0.1, -0.05) is 17.8 Å². The zero-order chi connectivity index (χ0) is 13.8. The largest absolute Gasteiger partial charge is 0.480 e. The Morgan fingerprint density at radius 2 is 2.42 bits per heavy atom. The molecule has 0 spiro atoms. The van der Waals surface area contributed by atoms with Crippen molar-refractivity contribution >= 4 is 34.9 Å². The standard InChI is InChI=1S/C12H13N3O2S2/c1-7(11(16)17)19-12-14-6-8(10(13)15-12)5-9-3-2-4-18-9/h2-4,6-7H,5H2,1H3,(H,16,17)(H2,13,14,15). The van der Waals surface area contributed by atoms with Gasteiger partial charge in [-0.15, -0.1) is 11.3 Å². The van der Waals surface area contributed by atoms with Crippen LogP contribution < -0.4 is 5.73 Å². The van der Waals surface area contributed by atoms with Crippen LogP contribution in [-0.2, 0) is 11.2 Å². The second kappa shape index (κ2) is 6.03. The van der Waals surface area contributed by atoms with Crippen molar-refractivity contribution < 1.29 is 9.90 Å². The second-order valence-corrected chi connectivity index (χ2v) is 6.26. The number of carbonyl (C=O) groups is 1. The summed E-state index contributed by atoms with van der Waals surface area (Å²) < 4.78 is 0. The molecular weight excluding hydrogens is 282 g/mol. The fraction of sp³-hybridized carbons (Fsp3) is 0.250. The predicted molar refractivity (Wildman–Crippen MR) is 76.5 cm³/mol. The highest BCUT2D eigenvalue weighted by molar-refractivity contribution is 8.00. The maximum atomic E-state index is 10.8. The van der Waals surface area contributed by atoms with Crippen molar-refractivity contribution in [2.75, 3.05) is 5.73 Å². The Kier molecular flexibility index (Phi) is 4.39. The smallest absolute Gasteiger partial charge is 0.316 e. The summed E-state index contributed by atoms with van der Waals surface area (Å²) >= 11 is 2.73. The summed E-state index contributed by atoms with van der Waals surface area (Å²) in [4.78, 5) is 20.3. The molecule has 0 aliphatic rings. The van der Waals surface area contributed by atoms with Gasteiger partial charge in [0.15, 0.2) is 5.16 Å². The van der Waals surface area contributed by atoms with Crippen LogP contribution in [0.4, 0.5) is 5.82 Å². The molecule has 0 saturated heterocycles. The van der Waals surface area contributed by atoms with E-state index in [0.29, 0.717) is 17.4 Å². The summed E-state index contributed by atoms with van der Waals surface area (Å²) in [6, 6.07) is 4.01. The molecule has 100 valence electrons. The first-order valence-corrected chi connectivity index (χ1v) is 7.35. The maximum absolute atomic E-state index is 10.8. The number of aliphatic carboxylic acids is 1. The average molecular weight is 295 g/mol. The van der Waals surface area contributed by atoms with E-state index in [2.05, 4.69) is 9.97 Å². The van der Waals surface area contributed by atoms with Crippen LogP contribution in [-0.4, -0.2) is 26.3 Å². The summed E-state index contributed by atoms with van der Waals surface area (Å²) in [7, 11) is 0. The number of nitrogens with two attached hydrogens (primary N) is 1. The number of rotatable bonds is 5. The third kappa shape index (κ3) is 3.68. The number of hydrogen-bond acceptors (Lipinski definition) is 6. The number of carboxylic acids is 1. The van der Waals surface area contributed by atoms with Crippen molar-refractivity contribution in [1.29, 1.82) is 0 Å². The summed E-state index contributed by atoms with van der Waals surface area (Å²) in [5.41, 5.74) is 6.74. The van der Waals surface area contributed by atoms with E-state index in [4.69, 9.17) is 10.8 Å². The molecule has 1 atom stereocenters. The van der Waals surface area contributed by atoms with Crippen molar-refractivity contribution in [3.8, 4) is 0 Å². The summed E-state index contributed by atoms with van der Waals surface area (Å²) in [5.74, 6) is -0.488. The molecule has 2 aromatic rings. The Bertz CT molecular complexity index is 572. The van der Waals surface area contributed by atoms with Crippen LogP contribution in [0.25, 0.3) is 0 Å². The number of carboxylic acid groups (broad SMARTS) is 1. The third-order valence-corrected chi connectivity index (χ3v) is 4.29. The number of nitrogen functional groups attached to an aromatic ring is 1. The van der Waals surface area contributed by atoms with Crippen molar-refractivity contribution in [1.82, 2.24) is 9.97 Å². The highest BCUT2D eigenvalue weighted by Gasteiger charge is 2.15. The third-order valence-electron chi connectivity index (χ3n) is 2.45. The SMILES string of the molecule is CC(Sc1ncc(Cc2cccs2)c(N)n1)C(=O)O. The van der Waals surface area contributed by atoms with Crippen LogP contribution in [0.2, 0.25) is 0 Å². The van der Waals surface area contributed by atoms with Gasteiger partial charge in [-0.3, -0.25) is 4.79 Å². The van der Waals surface area contributed by atoms with Gasteiger partial charge in [-0.2, -0.15) is 0 Å². The lowest BCUT2D eigenvalue weighted by Gasteiger charge is -2.07. The average Bonchev–Trinajstić information content (AvgIpc) is 2.85. The minimum Gasteiger partial charge on any atom is -0.480 e. The number of thiophene rings is 1. The molecule has 5 nitrogen and oxygen atoms in total. The van der Waals surface area contributed by atoms with E-state index in [1.807, 2.05) is 17.5 Å². The van der Waals surface area contributed by atoms with Gasteiger partial charge >= 0.3 is 5.97 Å². The molecule has 19 heavy (non-hydrogen) atoms. The van der Waals surface area contributed by atoms with Crippen LogP contribution in [0.3, 0.4) is 0 Å². The van der Waals surface area contributed by atoms with Crippen molar-refractivity contribution in [2.45, 2.75) is 23.8 Å². The monoisotopic (exact) mass is 295 g/mol. The molecular formula is C12H13N3O2S2. The molecule has 0 aromatic carbocycles. The van der Waals surface area contributed by atoms with Gasteiger partial charge in [-0.25, -0.2) is 9.97 Å². The number of anilines is 1. The summed E-state index contributed by atoms with van der Waals surface area (Å²) in [6.45, 7) is 1.59. The zero-order valence-corrected chi connectivity index (χ0v) is 11.9. The Morgan fingerprint density at radius 1 is 1.63 bits per heavy atom. The molecule has 0 fully saturated rings. The Balaban J connectivity index is 2.11. The first-order valence-electron chi connectivity index (χ1n) is 5.59. The minimum atomic E-state index is -0.894. The Morgan fingerprint density at radius 3 is 3.00 bits per heavy atom. The predicted octanol–water partition coefficient (Wildman–Crippen LogP) is 2.28. The second-order valence-electron chi connectivity index (χ2n) is 3.92.